The Morgan fingerprint density at radius 2 is 0.581 bits per heavy atom. The topological polar surface area (TPSA) is 95.9 Å². The van der Waals surface area contributed by atoms with Gasteiger partial charge in [-0.3, -0.25) is 9.59 Å². The standard InChI is InChI=1S/C80H155NO5/c1-3-5-7-9-11-13-15-17-19-21-37-42-46-50-54-58-62-66-70-74-80(85)86-75-71-67-63-59-55-51-47-43-39-36-34-32-30-28-26-24-23-25-27-29-31-33-35-38-41-45-49-53-57-61-65-69-73-79(84)81-77(76-82)78(83)72-68-64-60-56-52-48-44-40-22-20-18-16-14-12-10-8-6-4-2/h11,13,17,19,77-78,82-83H,3-10,12,14-16,18,20-76H2,1-2H3,(H,81,84)/b13-11-,19-17-. The molecule has 1 amide bonds. The number of ether oxygens (including phenoxy) is 1. The van der Waals surface area contributed by atoms with Gasteiger partial charge in [0.1, 0.15) is 0 Å². The van der Waals surface area contributed by atoms with Crippen LogP contribution < -0.4 is 5.32 Å². The van der Waals surface area contributed by atoms with Crippen LogP contribution >= 0.6 is 0 Å². The minimum atomic E-state index is -0.661. The lowest BCUT2D eigenvalue weighted by molar-refractivity contribution is -0.143. The van der Waals surface area contributed by atoms with Crippen LogP contribution in [0.1, 0.15) is 450 Å². The lowest BCUT2D eigenvalue weighted by Gasteiger charge is -2.22. The van der Waals surface area contributed by atoms with Crippen LogP contribution in [0.2, 0.25) is 0 Å². The molecule has 0 radical (unpaired) electrons. The fourth-order valence-electron chi connectivity index (χ4n) is 12.7. The van der Waals surface area contributed by atoms with Gasteiger partial charge < -0.3 is 20.3 Å². The number of aliphatic hydroxyl groups is 2. The first-order chi connectivity index (χ1) is 42.5. The molecule has 0 aliphatic heterocycles. The number of unbranched alkanes of at least 4 members (excludes halogenated alkanes) is 60. The van der Waals surface area contributed by atoms with Gasteiger partial charge in [0, 0.05) is 12.8 Å². The molecule has 0 aromatic carbocycles. The van der Waals surface area contributed by atoms with E-state index in [1.165, 1.54) is 366 Å². The molecule has 0 fully saturated rings. The quantitative estimate of drug-likeness (QED) is 0.0320. The number of hydrogen-bond donors (Lipinski definition) is 3. The molecular weight excluding hydrogens is 1050 g/mol. The summed E-state index contributed by atoms with van der Waals surface area (Å²) in [7, 11) is 0. The van der Waals surface area contributed by atoms with Crippen LogP contribution in [0.3, 0.4) is 0 Å². The molecular formula is C80H155NO5. The summed E-state index contributed by atoms with van der Waals surface area (Å²) >= 11 is 0. The van der Waals surface area contributed by atoms with Crippen molar-refractivity contribution < 1.29 is 24.5 Å². The van der Waals surface area contributed by atoms with Gasteiger partial charge in [-0.2, -0.15) is 0 Å². The largest absolute Gasteiger partial charge is 0.466 e. The summed E-state index contributed by atoms with van der Waals surface area (Å²) in [6.45, 7) is 4.98. The van der Waals surface area contributed by atoms with Crippen LogP contribution in [-0.2, 0) is 14.3 Å². The number of esters is 1. The number of carbonyl (C=O) groups is 2. The Hall–Kier alpha value is -1.66. The Morgan fingerprint density at radius 3 is 0.907 bits per heavy atom. The Morgan fingerprint density at radius 1 is 0.326 bits per heavy atom. The SMILES string of the molecule is CCCCC/C=C\C/C=C\CCCCCCCCCCCC(=O)OCCCCCCCCCCCCCCCCCCCCCCCCCCCCCCCCCCC(=O)NC(CO)C(O)CCCCCCCCCCCCCCCCCCCC. The maximum atomic E-state index is 12.5. The van der Waals surface area contributed by atoms with Crippen LogP contribution in [0.5, 0.6) is 0 Å². The van der Waals surface area contributed by atoms with E-state index in [0.29, 0.717) is 25.9 Å². The lowest BCUT2D eigenvalue weighted by atomic mass is 10.0. The maximum Gasteiger partial charge on any atom is 0.305 e. The minimum Gasteiger partial charge on any atom is -0.466 e. The normalized spacial score (nSPS) is 12.6. The second-order valence-electron chi connectivity index (χ2n) is 27.4. The van der Waals surface area contributed by atoms with Gasteiger partial charge in [0.2, 0.25) is 5.91 Å². The van der Waals surface area contributed by atoms with Crippen LogP contribution in [0, 0.1) is 0 Å². The van der Waals surface area contributed by atoms with E-state index in [2.05, 4.69) is 43.5 Å². The van der Waals surface area contributed by atoms with Crippen molar-refractivity contribution in [3.8, 4) is 0 Å². The summed E-state index contributed by atoms with van der Waals surface area (Å²) in [6.07, 6.45) is 97.0. The average Bonchev–Trinajstić information content (AvgIpc) is 3.54. The Balaban J connectivity index is 3.31. The Labute approximate surface area is 539 Å². The number of aliphatic hydroxyl groups excluding tert-OH is 2. The van der Waals surface area contributed by atoms with Crippen molar-refractivity contribution in [3.05, 3.63) is 24.3 Å². The zero-order chi connectivity index (χ0) is 62.0. The lowest BCUT2D eigenvalue weighted by Crippen LogP contribution is -2.45. The molecule has 0 heterocycles. The number of allylic oxidation sites excluding steroid dienone is 4. The molecule has 0 saturated heterocycles. The summed E-state index contributed by atoms with van der Waals surface area (Å²) < 4.78 is 5.52. The van der Waals surface area contributed by atoms with Crippen molar-refractivity contribution >= 4 is 11.9 Å². The molecule has 2 atom stereocenters. The van der Waals surface area contributed by atoms with E-state index in [0.717, 1.165) is 51.4 Å². The molecule has 510 valence electrons. The molecule has 0 aliphatic carbocycles. The molecule has 86 heavy (non-hydrogen) atoms. The molecule has 0 aromatic heterocycles. The number of hydrogen-bond acceptors (Lipinski definition) is 5. The number of amides is 1. The predicted octanol–water partition coefficient (Wildman–Crippen LogP) is 26.0. The van der Waals surface area contributed by atoms with Crippen LogP contribution in [0.25, 0.3) is 0 Å². The van der Waals surface area contributed by atoms with E-state index in [9.17, 15) is 19.8 Å². The smallest absolute Gasteiger partial charge is 0.305 e. The van der Waals surface area contributed by atoms with Gasteiger partial charge in [-0.05, 0) is 57.8 Å². The second kappa shape index (κ2) is 75.8. The summed E-state index contributed by atoms with van der Waals surface area (Å²) in [6, 6.07) is -0.538. The third-order valence-electron chi connectivity index (χ3n) is 18.8. The third-order valence-corrected chi connectivity index (χ3v) is 18.8. The van der Waals surface area contributed by atoms with Crippen molar-refractivity contribution in [3.63, 3.8) is 0 Å². The fraction of sp³-hybridized carbons (Fsp3) is 0.925. The number of carbonyl (C=O) groups excluding carboxylic acids is 2. The summed E-state index contributed by atoms with van der Waals surface area (Å²) in [5, 5.41) is 23.4. The molecule has 0 aromatic rings. The molecule has 6 nitrogen and oxygen atoms in total. The zero-order valence-electron chi connectivity index (χ0n) is 58.6. The van der Waals surface area contributed by atoms with E-state index in [-0.39, 0.29) is 18.5 Å². The van der Waals surface area contributed by atoms with E-state index in [4.69, 9.17) is 4.74 Å². The predicted molar refractivity (Wildman–Crippen MR) is 380 cm³/mol. The van der Waals surface area contributed by atoms with Gasteiger partial charge in [0.15, 0.2) is 0 Å². The molecule has 0 bridgehead atoms. The fourth-order valence-corrected chi connectivity index (χ4v) is 12.7. The van der Waals surface area contributed by atoms with Crippen molar-refractivity contribution in [2.24, 2.45) is 0 Å². The number of nitrogens with one attached hydrogen (secondary N) is 1. The molecule has 0 rings (SSSR count). The van der Waals surface area contributed by atoms with Gasteiger partial charge >= 0.3 is 5.97 Å². The van der Waals surface area contributed by atoms with E-state index >= 15 is 0 Å². The highest BCUT2D eigenvalue weighted by Gasteiger charge is 2.20. The van der Waals surface area contributed by atoms with Crippen LogP contribution in [-0.4, -0.2) is 47.4 Å². The van der Waals surface area contributed by atoms with Crippen LogP contribution in [0.4, 0.5) is 0 Å². The van der Waals surface area contributed by atoms with Gasteiger partial charge in [-0.25, -0.2) is 0 Å². The Kier molecular flexibility index (Phi) is 74.3. The zero-order valence-corrected chi connectivity index (χ0v) is 58.6. The van der Waals surface area contributed by atoms with E-state index in [1.807, 2.05) is 0 Å². The second-order valence-corrected chi connectivity index (χ2v) is 27.4. The first-order valence-electron chi connectivity index (χ1n) is 39.6. The highest BCUT2D eigenvalue weighted by Crippen LogP contribution is 2.20. The first-order valence-corrected chi connectivity index (χ1v) is 39.6. The summed E-state index contributed by atoms with van der Waals surface area (Å²) in [4.78, 5) is 24.7. The monoisotopic (exact) mass is 1210 g/mol. The molecule has 2 unspecified atom stereocenters. The highest BCUT2D eigenvalue weighted by molar-refractivity contribution is 5.76. The molecule has 3 N–H and O–H groups in total. The van der Waals surface area contributed by atoms with Gasteiger partial charge in [0.05, 0.1) is 25.4 Å². The summed E-state index contributed by atoms with van der Waals surface area (Å²) in [5.74, 6) is -0.00736. The molecule has 0 aliphatic rings. The molecule has 6 heteroatoms. The molecule has 0 spiro atoms. The Bertz CT molecular complexity index is 1350. The maximum absolute atomic E-state index is 12.5. The van der Waals surface area contributed by atoms with Crippen molar-refractivity contribution in [1.82, 2.24) is 5.32 Å². The van der Waals surface area contributed by atoms with Gasteiger partial charge in [-0.15, -0.1) is 0 Å². The van der Waals surface area contributed by atoms with Gasteiger partial charge in [-0.1, -0.05) is 404 Å². The van der Waals surface area contributed by atoms with E-state index < -0.39 is 12.1 Å². The van der Waals surface area contributed by atoms with Crippen molar-refractivity contribution in [2.45, 2.75) is 463 Å². The highest BCUT2D eigenvalue weighted by atomic mass is 16.5. The first kappa shape index (κ1) is 84.3. The van der Waals surface area contributed by atoms with Crippen molar-refractivity contribution in [2.75, 3.05) is 13.2 Å². The van der Waals surface area contributed by atoms with Gasteiger partial charge in [0.25, 0.3) is 0 Å². The average molecular weight is 1210 g/mol. The minimum absolute atomic E-state index is 0.0184. The number of rotatable bonds is 75. The molecule has 0 saturated carbocycles. The van der Waals surface area contributed by atoms with E-state index in [1.54, 1.807) is 0 Å². The van der Waals surface area contributed by atoms with Crippen molar-refractivity contribution in [1.29, 1.82) is 0 Å². The van der Waals surface area contributed by atoms with Crippen LogP contribution in [0.15, 0.2) is 24.3 Å². The third kappa shape index (κ3) is 71.4. The summed E-state index contributed by atoms with van der Waals surface area (Å²) in [5.41, 5.74) is 0.